The van der Waals surface area contributed by atoms with Crippen molar-refractivity contribution in [1.29, 1.82) is 0 Å². The molecule has 0 radical (unpaired) electrons. The highest BCUT2D eigenvalue weighted by atomic mass is 35.5. The summed E-state index contributed by atoms with van der Waals surface area (Å²) in [5, 5.41) is 4.16. The number of halogens is 2. The van der Waals surface area contributed by atoms with Gasteiger partial charge in [0, 0.05) is 19.6 Å². The van der Waals surface area contributed by atoms with Crippen molar-refractivity contribution in [3.05, 3.63) is 64.1 Å². The maximum atomic E-state index is 13.5. The first-order valence-corrected chi connectivity index (χ1v) is 13.9. The van der Waals surface area contributed by atoms with Crippen LogP contribution >= 0.6 is 23.2 Å². The predicted molar refractivity (Wildman–Crippen MR) is 135 cm³/mol. The second kappa shape index (κ2) is 10.2. The normalized spacial score (nSPS) is 21.8. The lowest BCUT2D eigenvalue weighted by Crippen LogP contribution is -2.60. The quantitative estimate of drug-likeness (QED) is 0.577. The Morgan fingerprint density at radius 3 is 2.38 bits per heavy atom. The van der Waals surface area contributed by atoms with Gasteiger partial charge in [-0.25, -0.2) is 8.42 Å². The molecule has 2 saturated heterocycles. The summed E-state index contributed by atoms with van der Waals surface area (Å²) in [6.45, 7) is 5.57. The van der Waals surface area contributed by atoms with Gasteiger partial charge in [0.2, 0.25) is 15.9 Å². The Kier molecular flexibility index (Phi) is 7.60. The molecule has 9 heteroatoms. The summed E-state index contributed by atoms with van der Waals surface area (Å²) < 4.78 is 28.0. The molecule has 2 atom stereocenters. The summed E-state index contributed by atoms with van der Waals surface area (Å²) >= 11 is 12.0. The number of nitrogens with one attached hydrogen (secondary N) is 1. The molecule has 2 aromatic rings. The Bertz CT molecular complexity index is 1140. The molecule has 2 aliphatic rings. The van der Waals surface area contributed by atoms with Crippen LogP contribution in [0.25, 0.3) is 0 Å². The third-order valence-corrected chi connectivity index (χ3v) is 9.71. The summed E-state index contributed by atoms with van der Waals surface area (Å²) in [4.78, 5) is 15.6. The fraction of sp³-hybridized carbons (Fsp3) is 0.480. The molecule has 184 valence electrons. The van der Waals surface area contributed by atoms with Gasteiger partial charge >= 0.3 is 0 Å². The molecule has 2 aliphatic heterocycles. The van der Waals surface area contributed by atoms with Crippen molar-refractivity contribution in [2.75, 3.05) is 19.6 Å². The third-order valence-electron chi connectivity index (χ3n) is 7.08. The first-order chi connectivity index (χ1) is 16.2. The van der Waals surface area contributed by atoms with E-state index in [0.29, 0.717) is 49.8 Å². The third kappa shape index (κ3) is 5.00. The van der Waals surface area contributed by atoms with Crippen LogP contribution in [0.5, 0.6) is 0 Å². The highest BCUT2D eigenvalue weighted by Gasteiger charge is 2.52. The SMILES string of the molecule is CC[C@@H](C)CN1C(=O)[C@@H](Cc2ccccc2)NC12CCN(S(=O)(=O)c1ccc(Cl)c(Cl)c1)CC2. The lowest BCUT2D eigenvalue weighted by molar-refractivity contribution is -0.134. The predicted octanol–water partition coefficient (Wildman–Crippen LogP) is 4.56. The Labute approximate surface area is 212 Å². The van der Waals surface area contributed by atoms with Gasteiger partial charge in [-0.15, -0.1) is 0 Å². The standard InChI is InChI=1S/C25H31Cl2N3O3S/c1-3-18(2)17-30-24(31)23(15-19-7-5-4-6-8-19)28-25(30)11-13-29(14-12-25)34(32,33)20-9-10-21(26)22(27)16-20/h4-10,16,18,23,28H,3,11-15,17H2,1-2H3/t18-,23-/m1/s1. The van der Waals surface area contributed by atoms with Gasteiger partial charge in [-0.05, 0) is 48.9 Å². The summed E-state index contributed by atoms with van der Waals surface area (Å²) in [7, 11) is -3.71. The smallest absolute Gasteiger partial charge is 0.243 e. The van der Waals surface area contributed by atoms with Crippen molar-refractivity contribution in [3.8, 4) is 0 Å². The van der Waals surface area contributed by atoms with Crippen LogP contribution in [0.1, 0.15) is 38.7 Å². The van der Waals surface area contributed by atoms with E-state index in [1.54, 1.807) is 0 Å². The Hall–Kier alpha value is -1.64. The van der Waals surface area contributed by atoms with E-state index in [9.17, 15) is 13.2 Å². The van der Waals surface area contributed by atoms with E-state index >= 15 is 0 Å². The molecule has 6 nitrogen and oxygen atoms in total. The average Bonchev–Trinajstić information content (AvgIpc) is 3.06. The van der Waals surface area contributed by atoms with Crippen molar-refractivity contribution >= 4 is 39.1 Å². The maximum absolute atomic E-state index is 13.5. The van der Waals surface area contributed by atoms with Crippen LogP contribution < -0.4 is 5.32 Å². The van der Waals surface area contributed by atoms with Crippen LogP contribution in [0.4, 0.5) is 0 Å². The molecule has 1 amide bonds. The van der Waals surface area contributed by atoms with E-state index in [4.69, 9.17) is 23.2 Å². The van der Waals surface area contributed by atoms with Gasteiger partial charge in [0.15, 0.2) is 0 Å². The van der Waals surface area contributed by atoms with E-state index in [1.165, 1.54) is 22.5 Å². The first-order valence-electron chi connectivity index (χ1n) is 11.7. The van der Waals surface area contributed by atoms with E-state index in [2.05, 4.69) is 19.2 Å². The highest BCUT2D eigenvalue weighted by Crippen LogP contribution is 2.36. The molecule has 0 aliphatic carbocycles. The molecule has 0 bridgehead atoms. The van der Waals surface area contributed by atoms with Gasteiger partial charge in [-0.3, -0.25) is 10.1 Å². The van der Waals surface area contributed by atoms with Crippen molar-refractivity contribution in [1.82, 2.24) is 14.5 Å². The van der Waals surface area contributed by atoms with Crippen LogP contribution in [0.15, 0.2) is 53.4 Å². The zero-order valence-electron chi connectivity index (χ0n) is 19.5. The number of rotatable bonds is 7. The van der Waals surface area contributed by atoms with E-state index in [-0.39, 0.29) is 21.9 Å². The number of piperidine rings is 1. The number of carbonyl (C=O) groups is 1. The molecular formula is C25H31Cl2N3O3S. The fourth-order valence-corrected chi connectivity index (χ4v) is 6.68. The summed E-state index contributed by atoms with van der Waals surface area (Å²) in [6, 6.07) is 14.1. The van der Waals surface area contributed by atoms with Crippen molar-refractivity contribution < 1.29 is 13.2 Å². The molecule has 1 N–H and O–H groups in total. The molecule has 1 spiro atoms. The van der Waals surface area contributed by atoms with Gasteiger partial charge in [0.05, 0.1) is 26.6 Å². The van der Waals surface area contributed by atoms with Crippen molar-refractivity contribution in [2.45, 2.75) is 56.1 Å². The van der Waals surface area contributed by atoms with Gasteiger partial charge in [-0.2, -0.15) is 4.31 Å². The molecule has 0 unspecified atom stereocenters. The van der Waals surface area contributed by atoms with Gasteiger partial charge in [-0.1, -0.05) is 73.8 Å². The zero-order chi connectivity index (χ0) is 24.5. The van der Waals surface area contributed by atoms with Crippen LogP contribution in [-0.4, -0.2) is 54.9 Å². The topological polar surface area (TPSA) is 69.7 Å². The second-order valence-corrected chi connectivity index (χ2v) is 12.1. The second-order valence-electron chi connectivity index (χ2n) is 9.36. The van der Waals surface area contributed by atoms with Gasteiger partial charge in [0.1, 0.15) is 0 Å². The summed E-state index contributed by atoms with van der Waals surface area (Å²) in [5.74, 6) is 0.459. The van der Waals surface area contributed by atoms with Crippen LogP contribution in [0, 0.1) is 5.92 Å². The molecule has 2 aromatic carbocycles. The fourth-order valence-electron chi connectivity index (χ4n) is 4.85. The molecule has 2 fully saturated rings. The number of sulfonamides is 1. The van der Waals surface area contributed by atoms with Crippen LogP contribution in [-0.2, 0) is 21.2 Å². The molecule has 4 rings (SSSR count). The number of nitrogens with zero attached hydrogens (tertiary/aromatic N) is 2. The van der Waals surface area contributed by atoms with E-state index < -0.39 is 15.7 Å². The lowest BCUT2D eigenvalue weighted by atomic mass is 9.95. The minimum absolute atomic E-state index is 0.102. The summed E-state index contributed by atoms with van der Waals surface area (Å²) in [6.07, 6.45) is 2.65. The monoisotopic (exact) mass is 523 g/mol. The van der Waals surface area contributed by atoms with Gasteiger partial charge < -0.3 is 4.90 Å². The molecule has 0 aromatic heterocycles. The Morgan fingerprint density at radius 2 is 1.76 bits per heavy atom. The number of amides is 1. The lowest BCUT2D eigenvalue weighted by Gasteiger charge is -2.45. The minimum Gasteiger partial charge on any atom is -0.323 e. The van der Waals surface area contributed by atoms with Crippen LogP contribution in [0.2, 0.25) is 10.0 Å². The van der Waals surface area contributed by atoms with Crippen molar-refractivity contribution in [3.63, 3.8) is 0 Å². The Balaban J connectivity index is 1.54. The van der Waals surface area contributed by atoms with Gasteiger partial charge in [0.25, 0.3) is 0 Å². The number of benzene rings is 2. The molecule has 0 saturated carbocycles. The summed E-state index contributed by atoms with van der Waals surface area (Å²) in [5.41, 5.74) is 0.567. The number of hydrogen-bond donors (Lipinski definition) is 1. The highest BCUT2D eigenvalue weighted by molar-refractivity contribution is 7.89. The molecular weight excluding hydrogens is 493 g/mol. The Morgan fingerprint density at radius 1 is 1.09 bits per heavy atom. The van der Waals surface area contributed by atoms with E-state index in [1.807, 2.05) is 35.2 Å². The maximum Gasteiger partial charge on any atom is 0.243 e. The minimum atomic E-state index is -3.71. The average molecular weight is 525 g/mol. The first kappa shape index (κ1) is 25.5. The largest absolute Gasteiger partial charge is 0.323 e. The van der Waals surface area contributed by atoms with Crippen LogP contribution in [0.3, 0.4) is 0 Å². The molecule has 2 heterocycles. The van der Waals surface area contributed by atoms with Crippen molar-refractivity contribution in [2.24, 2.45) is 5.92 Å². The zero-order valence-corrected chi connectivity index (χ0v) is 21.8. The van der Waals surface area contributed by atoms with E-state index in [0.717, 1.165) is 12.0 Å². The molecule has 34 heavy (non-hydrogen) atoms. The number of carbonyl (C=O) groups excluding carboxylic acids is 1. The number of hydrogen-bond acceptors (Lipinski definition) is 4.